The Hall–Kier alpha value is -0.820. The van der Waals surface area contributed by atoms with Gasteiger partial charge in [-0.2, -0.15) is 21.4 Å². The molecule has 0 atom stereocenters. The van der Waals surface area contributed by atoms with Gasteiger partial charge in [-0.25, -0.2) is 0 Å². The van der Waals surface area contributed by atoms with Crippen LogP contribution in [-0.2, 0) is 10.7 Å². The molecule has 154 valence electrons. The number of benzene rings is 1. The highest BCUT2D eigenvalue weighted by Crippen LogP contribution is 2.51. The van der Waals surface area contributed by atoms with Gasteiger partial charge in [0.05, 0.1) is 18.3 Å². The summed E-state index contributed by atoms with van der Waals surface area (Å²) in [5.74, 6) is -9.82. The zero-order valence-electron chi connectivity index (χ0n) is 15.5. The predicted octanol–water partition coefficient (Wildman–Crippen LogP) is 7.55. The molecule has 7 heteroatoms. The summed E-state index contributed by atoms with van der Waals surface area (Å²) in [5.41, 5.74) is -0.778. The Labute approximate surface area is 162 Å². The number of unbranched alkanes of at least 4 members (excludes halogenated alkanes) is 3. The summed E-state index contributed by atoms with van der Waals surface area (Å²) in [6, 6.07) is 3.93. The normalized spacial score (nSPS) is 21.4. The van der Waals surface area contributed by atoms with E-state index in [-0.39, 0.29) is 36.0 Å². The maximum atomic E-state index is 14.6. The van der Waals surface area contributed by atoms with Gasteiger partial charge in [-0.1, -0.05) is 38.3 Å². The van der Waals surface area contributed by atoms with Crippen molar-refractivity contribution in [2.75, 3.05) is 6.61 Å². The molecule has 0 aliphatic heterocycles. The molecule has 1 saturated carbocycles. The van der Waals surface area contributed by atoms with Crippen LogP contribution in [0.1, 0.15) is 63.9 Å². The minimum atomic E-state index is -4.29. The predicted molar refractivity (Wildman–Crippen MR) is 98.1 cm³/mol. The van der Waals surface area contributed by atoms with Crippen LogP contribution in [0.2, 0.25) is 0 Å². The fraction of sp³-hybridized carbons (Fsp3) is 0.700. The summed E-state index contributed by atoms with van der Waals surface area (Å²) >= 11 is -0.112. The molecule has 0 heterocycles. The molecule has 0 spiro atoms. The molecule has 1 aromatic carbocycles. The number of halogens is 5. The van der Waals surface area contributed by atoms with E-state index >= 15 is 0 Å². The first-order chi connectivity index (χ1) is 12.8. The minimum absolute atomic E-state index is 0.0145. The second-order valence-corrected chi connectivity index (χ2v) is 7.83. The van der Waals surface area contributed by atoms with E-state index in [9.17, 15) is 21.4 Å². The summed E-state index contributed by atoms with van der Waals surface area (Å²) < 4.78 is 76.3. The minimum Gasteiger partial charge on any atom is -0.378 e. The average molecular weight is 410 g/mol. The van der Waals surface area contributed by atoms with Crippen molar-refractivity contribution in [2.45, 2.75) is 81.1 Å². The Morgan fingerprint density at radius 2 is 1.59 bits per heavy atom. The molecule has 1 aliphatic carbocycles. The van der Waals surface area contributed by atoms with E-state index in [1.165, 1.54) is 0 Å². The van der Waals surface area contributed by atoms with Crippen molar-refractivity contribution in [3.63, 3.8) is 0 Å². The molecule has 0 aromatic heterocycles. The highest BCUT2D eigenvalue weighted by atomic mass is 32.2. The third-order valence-corrected chi connectivity index (χ3v) is 5.71. The van der Waals surface area contributed by atoms with Gasteiger partial charge in [-0.15, -0.1) is 0 Å². The van der Waals surface area contributed by atoms with Gasteiger partial charge in [0.2, 0.25) is 0 Å². The largest absolute Gasteiger partial charge is 0.378 e. The number of alkyl halides is 4. The Kier molecular flexibility index (Phi) is 8.40. The SMILES string of the molecule is CCCCCCOC1CCC(C(F)(F)C(F)(F)c2ccc(SF)cc2)CC1. The van der Waals surface area contributed by atoms with Gasteiger partial charge < -0.3 is 4.74 Å². The molecule has 0 bridgehead atoms. The monoisotopic (exact) mass is 410 g/mol. The zero-order chi connectivity index (χ0) is 19.9. The summed E-state index contributed by atoms with van der Waals surface area (Å²) in [4.78, 5) is 0.106. The molecule has 0 amide bonds. The van der Waals surface area contributed by atoms with E-state index < -0.39 is 23.3 Å². The second-order valence-electron chi connectivity index (χ2n) is 7.20. The number of ether oxygens (including phenoxy) is 1. The first-order valence-corrected chi connectivity index (χ1v) is 10.3. The molecule has 1 nitrogen and oxygen atoms in total. The van der Waals surface area contributed by atoms with Crippen LogP contribution in [0.25, 0.3) is 0 Å². The van der Waals surface area contributed by atoms with Gasteiger partial charge in [-0.3, -0.25) is 0 Å². The molecule has 0 N–H and O–H groups in total. The molecule has 27 heavy (non-hydrogen) atoms. The fourth-order valence-electron chi connectivity index (χ4n) is 3.54. The van der Waals surface area contributed by atoms with Crippen molar-refractivity contribution >= 4 is 12.1 Å². The lowest BCUT2D eigenvalue weighted by atomic mass is 9.79. The van der Waals surface area contributed by atoms with E-state index in [0.717, 1.165) is 49.9 Å². The molecule has 2 rings (SSSR count). The van der Waals surface area contributed by atoms with Crippen LogP contribution in [0.15, 0.2) is 29.2 Å². The van der Waals surface area contributed by atoms with Crippen molar-refractivity contribution in [2.24, 2.45) is 5.92 Å². The Balaban J connectivity index is 1.90. The Morgan fingerprint density at radius 1 is 0.963 bits per heavy atom. The van der Waals surface area contributed by atoms with E-state index in [0.29, 0.717) is 19.4 Å². The van der Waals surface area contributed by atoms with Crippen molar-refractivity contribution in [1.82, 2.24) is 0 Å². The molecule has 1 aromatic rings. The van der Waals surface area contributed by atoms with Crippen LogP contribution in [0, 0.1) is 5.92 Å². The fourth-order valence-corrected chi connectivity index (χ4v) is 3.77. The average Bonchev–Trinajstić information content (AvgIpc) is 2.68. The van der Waals surface area contributed by atoms with Gasteiger partial charge in [0.15, 0.2) is 0 Å². The Morgan fingerprint density at radius 3 is 2.15 bits per heavy atom. The maximum absolute atomic E-state index is 14.6. The topological polar surface area (TPSA) is 9.23 Å². The van der Waals surface area contributed by atoms with Crippen molar-refractivity contribution < 1.29 is 26.2 Å². The number of hydrogen-bond donors (Lipinski definition) is 0. The molecule has 0 radical (unpaired) electrons. The lowest BCUT2D eigenvalue weighted by Gasteiger charge is -2.37. The first kappa shape index (κ1) is 22.5. The van der Waals surface area contributed by atoms with Gasteiger partial charge >= 0.3 is 11.8 Å². The van der Waals surface area contributed by atoms with Gasteiger partial charge in [0.25, 0.3) is 0 Å². The first-order valence-electron chi connectivity index (χ1n) is 9.59. The number of hydrogen-bond acceptors (Lipinski definition) is 2. The third kappa shape index (κ3) is 5.59. The van der Waals surface area contributed by atoms with Crippen LogP contribution >= 0.6 is 12.1 Å². The van der Waals surface area contributed by atoms with Crippen LogP contribution in [0.3, 0.4) is 0 Å². The quantitative estimate of drug-likeness (QED) is 0.291. The van der Waals surface area contributed by atoms with Gasteiger partial charge in [0.1, 0.15) is 0 Å². The van der Waals surface area contributed by atoms with Crippen LogP contribution in [0.4, 0.5) is 21.4 Å². The highest BCUT2D eigenvalue weighted by molar-refractivity contribution is 7.94. The summed E-state index contributed by atoms with van der Waals surface area (Å²) in [7, 11) is 0. The standard InChI is InChI=1S/C20H27F5OS/c1-2-3-4-5-14-26-17-10-6-15(7-11-17)19(21,22)20(23,24)16-8-12-18(27-25)13-9-16/h8-9,12-13,15,17H,2-7,10-11,14H2,1H3. The van der Waals surface area contributed by atoms with Crippen LogP contribution in [-0.4, -0.2) is 18.6 Å². The van der Waals surface area contributed by atoms with Crippen LogP contribution < -0.4 is 0 Å². The second kappa shape index (κ2) is 10.1. The lowest BCUT2D eigenvalue weighted by molar-refractivity contribution is -0.250. The van der Waals surface area contributed by atoms with E-state index in [1.807, 2.05) is 0 Å². The summed E-state index contributed by atoms with van der Waals surface area (Å²) in [6.07, 6.45) is 4.95. The Bertz CT molecular complexity index is 556. The molecular weight excluding hydrogens is 383 g/mol. The van der Waals surface area contributed by atoms with Gasteiger partial charge in [0, 0.05) is 23.0 Å². The van der Waals surface area contributed by atoms with Gasteiger partial charge in [-0.05, 0) is 44.2 Å². The van der Waals surface area contributed by atoms with Crippen molar-refractivity contribution in [3.05, 3.63) is 29.8 Å². The summed E-state index contributed by atoms with van der Waals surface area (Å²) in [6.45, 7) is 2.72. The molecule has 0 saturated heterocycles. The smallest absolute Gasteiger partial charge is 0.335 e. The maximum Gasteiger partial charge on any atom is 0.335 e. The molecular formula is C20H27F5OS. The zero-order valence-corrected chi connectivity index (χ0v) is 16.4. The third-order valence-electron chi connectivity index (χ3n) is 5.26. The molecule has 0 unspecified atom stereocenters. The summed E-state index contributed by atoms with van der Waals surface area (Å²) in [5, 5.41) is 0. The van der Waals surface area contributed by atoms with E-state index in [2.05, 4.69) is 6.92 Å². The van der Waals surface area contributed by atoms with Crippen LogP contribution in [0.5, 0.6) is 0 Å². The lowest BCUT2D eigenvalue weighted by Crippen LogP contribution is -2.46. The van der Waals surface area contributed by atoms with E-state index in [1.54, 1.807) is 0 Å². The molecule has 1 aliphatic rings. The highest BCUT2D eigenvalue weighted by Gasteiger charge is 2.61. The van der Waals surface area contributed by atoms with Crippen molar-refractivity contribution in [1.29, 1.82) is 0 Å². The molecule has 1 fully saturated rings. The number of rotatable bonds is 10. The van der Waals surface area contributed by atoms with Crippen molar-refractivity contribution in [3.8, 4) is 0 Å². The van der Waals surface area contributed by atoms with E-state index in [4.69, 9.17) is 4.74 Å².